The van der Waals surface area contributed by atoms with Crippen LogP contribution in [0.3, 0.4) is 0 Å². The molecule has 35 heavy (non-hydrogen) atoms. The highest BCUT2D eigenvalue weighted by molar-refractivity contribution is 5.86. The molecule has 7 heteroatoms. The second-order valence-corrected chi connectivity index (χ2v) is 9.26. The molecule has 2 aliphatic carbocycles. The van der Waals surface area contributed by atoms with Crippen molar-refractivity contribution in [2.75, 3.05) is 13.2 Å². The molecule has 2 atom stereocenters. The molecule has 2 amide bonds. The molecule has 2 aromatic carbocycles. The van der Waals surface area contributed by atoms with E-state index < -0.39 is 12.1 Å². The van der Waals surface area contributed by atoms with Gasteiger partial charge in [0, 0.05) is 24.1 Å². The number of amides is 2. The molecule has 0 aliphatic heterocycles. The molecule has 1 fully saturated rings. The maximum Gasteiger partial charge on any atom is 0.407 e. The highest BCUT2D eigenvalue weighted by Gasteiger charge is 2.32. The number of fused-ring (bicyclic) bond motifs is 3. The summed E-state index contributed by atoms with van der Waals surface area (Å²) in [4.78, 5) is 36.6. The predicted octanol–water partition coefficient (Wildman–Crippen LogP) is 4.62. The Balaban J connectivity index is 1.38. The summed E-state index contributed by atoms with van der Waals surface area (Å²) in [6.45, 7) is 1.86. The Morgan fingerprint density at radius 2 is 1.60 bits per heavy atom. The minimum Gasteiger partial charge on any atom is -0.478 e. The summed E-state index contributed by atoms with van der Waals surface area (Å²) in [6.07, 6.45) is 5.17. The average Bonchev–Trinajstić information content (AvgIpc) is 2.99. The van der Waals surface area contributed by atoms with Gasteiger partial charge in [-0.05, 0) is 42.0 Å². The van der Waals surface area contributed by atoms with Crippen molar-refractivity contribution < 1.29 is 24.2 Å². The van der Waals surface area contributed by atoms with E-state index in [-0.39, 0.29) is 42.5 Å². The van der Waals surface area contributed by atoms with Gasteiger partial charge in [-0.1, -0.05) is 73.9 Å². The second-order valence-electron chi connectivity index (χ2n) is 9.26. The van der Waals surface area contributed by atoms with Gasteiger partial charge < -0.3 is 20.5 Å². The third-order valence-electron chi connectivity index (χ3n) is 7.02. The molecule has 0 bridgehead atoms. The van der Waals surface area contributed by atoms with Crippen molar-refractivity contribution in [3.8, 4) is 11.1 Å². The summed E-state index contributed by atoms with van der Waals surface area (Å²) >= 11 is 0. The van der Waals surface area contributed by atoms with Gasteiger partial charge in [-0.3, -0.25) is 4.79 Å². The first-order valence-corrected chi connectivity index (χ1v) is 12.2. The number of carboxylic acids is 1. The number of carbonyl (C=O) groups excluding carboxylic acids is 2. The van der Waals surface area contributed by atoms with Gasteiger partial charge in [-0.15, -0.1) is 0 Å². The van der Waals surface area contributed by atoms with E-state index in [2.05, 4.69) is 34.9 Å². The molecule has 0 unspecified atom stereocenters. The summed E-state index contributed by atoms with van der Waals surface area (Å²) in [5.41, 5.74) is 4.82. The summed E-state index contributed by atoms with van der Waals surface area (Å²) in [7, 11) is 0. The van der Waals surface area contributed by atoms with E-state index in [1.165, 1.54) is 24.1 Å². The van der Waals surface area contributed by atoms with Crippen LogP contribution >= 0.6 is 0 Å². The van der Waals surface area contributed by atoms with Crippen LogP contribution < -0.4 is 10.6 Å². The third-order valence-corrected chi connectivity index (χ3v) is 7.02. The maximum absolute atomic E-state index is 12.9. The number of ether oxygens (including phenoxy) is 1. The highest BCUT2D eigenvalue weighted by Crippen LogP contribution is 2.44. The minimum absolute atomic E-state index is 0.0226. The lowest BCUT2D eigenvalue weighted by molar-refractivity contribution is -0.132. The van der Waals surface area contributed by atoms with E-state index in [9.17, 15) is 14.4 Å². The first-order chi connectivity index (χ1) is 17.0. The predicted molar refractivity (Wildman–Crippen MR) is 133 cm³/mol. The molecular weight excluding hydrogens is 444 g/mol. The molecule has 0 spiro atoms. The van der Waals surface area contributed by atoms with Crippen LogP contribution in [0.25, 0.3) is 11.1 Å². The molecule has 184 valence electrons. The summed E-state index contributed by atoms with van der Waals surface area (Å²) < 4.78 is 5.69. The lowest BCUT2D eigenvalue weighted by atomic mass is 9.94. The number of alkyl carbamates (subject to hydrolysis) is 1. The van der Waals surface area contributed by atoms with E-state index >= 15 is 0 Å². The van der Waals surface area contributed by atoms with Gasteiger partial charge in [0.1, 0.15) is 6.61 Å². The molecule has 4 rings (SSSR count). The van der Waals surface area contributed by atoms with Gasteiger partial charge in [0.15, 0.2) is 0 Å². The van der Waals surface area contributed by atoms with Gasteiger partial charge >= 0.3 is 12.1 Å². The Kier molecular flexibility index (Phi) is 7.85. The monoisotopic (exact) mass is 476 g/mol. The molecule has 0 aromatic heterocycles. The van der Waals surface area contributed by atoms with Crippen molar-refractivity contribution in [1.82, 2.24) is 10.6 Å². The standard InChI is InChI=1S/C28H32N2O5/c1-18(27(32)33)15-16-29-26(31)23-13-3-2-4-14-25(23)30-28(34)35-17-24-21-11-7-5-9-19(21)20-10-6-8-12-22(20)24/h5-12,15,23-25H,2-4,13-14,16-17H2,1H3,(H,29,31)(H,30,34)(H,32,33)/b18-15+/t23-,25+/m0/s1. The van der Waals surface area contributed by atoms with E-state index in [1.54, 1.807) is 0 Å². The molecule has 2 aromatic rings. The number of rotatable bonds is 7. The molecular formula is C28H32N2O5. The fraction of sp³-hybridized carbons (Fsp3) is 0.393. The second kappa shape index (κ2) is 11.2. The Morgan fingerprint density at radius 3 is 2.26 bits per heavy atom. The Hall–Kier alpha value is -3.61. The molecule has 0 radical (unpaired) electrons. The van der Waals surface area contributed by atoms with E-state index in [0.717, 1.165) is 30.4 Å². The molecule has 0 heterocycles. The topological polar surface area (TPSA) is 105 Å². The summed E-state index contributed by atoms with van der Waals surface area (Å²) in [5, 5.41) is 14.7. The van der Waals surface area contributed by atoms with Gasteiger partial charge in [0.2, 0.25) is 5.91 Å². The van der Waals surface area contributed by atoms with Crippen LogP contribution in [0.4, 0.5) is 4.79 Å². The first kappa shape index (κ1) is 24.5. The number of hydrogen-bond acceptors (Lipinski definition) is 4. The molecule has 1 saturated carbocycles. The normalized spacial score (nSPS) is 19.7. The van der Waals surface area contributed by atoms with Crippen LogP contribution in [0.15, 0.2) is 60.2 Å². The zero-order chi connectivity index (χ0) is 24.8. The zero-order valence-corrected chi connectivity index (χ0v) is 20.0. The first-order valence-electron chi connectivity index (χ1n) is 12.2. The number of aliphatic carboxylic acids is 1. The lowest BCUT2D eigenvalue weighted by Crippen LogP contribution is -2.46. The zero-order valence-electron chi connectivity index (χ0n) is 20.0. The van der Waals surface area contributed by atoms with Gasteiger partial charge in [0.05, 0.1) is 5.92 Å². The molecule has 3 N–H and O–H groups in total. The third kappa shape index (κ3) is 5.73. The molecule has 2 aliphatic rings. The minimum atomic E-state index is -1.01. The van der Waals surface area contributed by atoms with Crippen LogP contribution in [0.1, 0.15) is 56.1 Å². The van der Waals surface area contributed by atoms with Crippen LogP contribution in [0.2, 0.25) is 0 Å². The number of carbonyl (C=O) groups is 3. The average molecular weight is 477 g/mol. The van der Waals surface area contributed by atoms with Crippen LogP contribution in [0.5, 0.6) is 0 Å². The summed E-state index contributed by atoms with van der Waals surface area (Å²) in [6, 6.07) is 16.0. The SMILES string of the molecule is C/C(=C\CNC(=O)[C@H]1CCCCC[C@H]1NC(=O)OCC1c2ccccc2-c2ccccc21)C(=O)O. The van der Waals surface area contributed by atoms with Gasteiger partial charge in [0.25, 0.3) is 0 Å². The Morgan fingerprint density at radius 1 is 0.971 bits per heavy atom. The van der Waals surface area contributed by atoms with E-state index in [4.69, 9.17) is 9.84 Å². The molecule has 0 saturated heterocycles. The van der Waals surface area contributed by atoms with Crippen LogP contribution in [0, 0.1) is 5.92 Å². The maximum atomic E-state index is 12.9. The van der Waals surface area contributed by atoms with Crippen molar-refractivity contribution in [2.45, 2.75) is 51.0 Å². The quantitative estimate of drug-likeness (QED) is 0.400. The number of benzene rings is 2. The van der Waals surface area contributed by atoms with E-state index in [1.807, 2.05) is 24.3 Å². The number of nitrogens with one attached hydrogen (secondary N) is 2. The molecule has 7 nitrogen and oxygen atoms in total. The summed E-state index contributed by atoms with van der Waals surface area (Å²) in [5.74, 6) is -1.59. The Bertz CT molecular complexity index is 1080. The number of carboxylic acid groups (broad SMARTS) is 1. The van der Waals surface area contributed by atoms with Crippen molar-refractivity contribution in [3.63, 3.8) is 0 Å². The van der Waals surface area contributed by atoms with Crippen molar-refractivity contribution in [3.05, 3.63) is 71.3 Å². The van der Waals surface area contributed by atoms with Gasteiger partial charge in [-0.2, -0.15) is 0 Å². The van der Waals surface area contributed by atoms with Crippen molar-refractivity contribution in [2.24, 2.45) is 5.92 Å². The van der Waals surface area contributed by atoms with Crippen LogP contribution in [-0.4, -0.2) is 42.3 Å². The largest absolute Gasteiger partial charge is 0.478 e. The van der Waals surface area contributed by atoms with Crippen LogP contribution in [-0.2, 0) is 14.3 Å². The fourth-order valence-corrected chi connectivity index (χ4v) is 5.11. The van der Waals surface area contributed by atoms with Gasteiger partial charge in [-0.25, -0.2) is 9.59 Å². The lowest BCUT2D eigenvalue weighted by Gasteiger charge is -2.25. The highest BCUT2D eigenvalue weighted by atomic mass is 16.5. The smallest absolute Gasteiger partial charge is 0.407 e. The fourth-order valence-electron chi connectivity index (χ4n) is 5.11. The van der Waals surface area contributed by atoms with Crippen molar-refractivity contribution >= 4 is 18.0 Å². The number of hydrogen-bond donors (Lipinski definition) is 3. The van der Waals surface area contributed by atoms with E-state index in [0.29, 0.717) is 12.8 Å². The Labute approximate surface area is 205 Å². The van der Waals surface area contributed by atoms with Crippen molar-refractivity contribution in [1.29, 1.82) is 0 Å².